The molecule has 3 atom stereocenters. The van der Waals surface area contributed by atoms with Crippen molar-refractivity contribution in [2.45, 2.75) is 38.1 Å². The number of carbonyl (C=O) groups excluding carboxylic acids is 2. The first kappa shape index (κ1) is 17.0. The zero-order valence-electron chi connectivity index (χ0n) is 10.2. The Balaban J connectivity index is 5.64. The van der Waals surface area contributed by atoms with Crippen molar-refractivity contribution < 1.29 is 44.3 Å². The van der Waals surface area contributed by atoms with Gasteiger partial charge in [0.05, 0.1) is 0 Å². The lowest BCUT2D eigenvalue weighted by Crippen LogP contribution is -2.56. The topological polar surface area (TPSA) is 158 Å². The van der Waals surface area contributed by atoms with Crippen molar-refractivity contribution in [3.05, 3.63) is 0 Å². The monoisotopic (exact) mass is 278 g/mol. The van der Waals surface area contributed by atoms with Gasteiger partial charge in [-0.3, -0.25) is 9.59 Å². The molecule has 0 aliphatic rings. The van der Waals surface area contributed by atoms with Crippen LogP contribution in [0.15, 0.2) is 0 Å². The summed E-state index contributed by atoms with van der Waals surface area (Å²) in [5.41, 5.74) is -3.08. The molecule has 0 aliphatic heterocycles. The fourth-order valence-electron chi connectivity index (χ4n) is 1.21. The number of esters is 1. The second-order valence-corrected chi connectivity index (χ2v) is 3.84. The Morgan fingerprint density at radius 2 is 1.53 bits per heavy atom. The molecule has 0 radical (unpaired) electrons. The van der Waals surface area contributed by atoms with Crippen LogP contribution in [0.25, 0.3) is 0 Å². The van der Waals surface area contributed by atoms with Crippen LogP contribution >= 0.6 is 0 Å². The second kappa shape index (κ2) is 6.25. The molecule has 4 N–H and O–H groups in total. The Morgan fingerprint density at radius 3 is 1.79 bits per heavy atom. The third kappa shape index (κ3) is 4.00. The van der Waals surface area contributed by atoms with Crippen molar-refractivity contribution in [3.8, 4) is 0 Å². The number of aliphatic hydroxyl groups excluding tert-OH is 2. The number of Topliss-reactive ketones (excluding diaryl/α,β-unsaturated/α-hetero) is 1. The Bertz CT molecular complexity index is 398. The van der Waals surface area contributed by atoms with E-state index < -0.39 is 47.9 Å². The number of aliphatic hydroxyl groups is 2. The average Bonchev–Trinajstić information content (AvgIpc) is 2.25. The molecular formula is C10H14O9. The Kier molecular flexibility index (Phi) is 5.59. The lowest BCUT2D eigenvalue weighted by Gasteiger charge is -2.27. The molecule has 0 fully saturated rings. The second-order valence-electron chi connectivity index (χ2n) is 3.84. The van der Waals surface area contributed by atoms with Gasteiger partial charge in [0.1, 0.15) is 18.6 Å². The average molecular weight is 278 g/mol. The lowest BCUT2D eigenvalue weighted by molar-refractivity contribution is -0.192. The van der Waals surface area contributed by atoms with Crippen molar-refractivity contribution in [1.29, 1.82) is 0 Å². The largest absolute Gasteiger partial charge is 0.481 e. The van der Waals surface area contributed by atoms with Gasteiger partial charge in [-0.05, 0) is 13.8 Å². The van der Waals surface area contributed by atoms with E-state index in [1.54, 1.807) is 0 Å². The Hall–Kier alpha value is -2.00. The summed E-state index contributed by atoms with van der Waals surface area (Å²) in [5, 5.41) is 35.6. The minimum atomic E-state index is -3.08. The van der Waals surface area contributed by atoms with Crippen LogP contribution in [0.5, 0.6) is 0 Å². The fourth-order valence-corrected chi connectivity index (χ4v) is 1.21. The van der Waals surface area contributed by atoms with E-state index in [0.717, 1.165) is 13.8 Å². The summed E-state index contributed by atoms with van der Waals surface area (Å²) in [6.07, 6.45) is -4.99. The molecular weight excluding hydrogens is 264 g/mol. The van der Waals surface area contributed by atoms with E-state index in [0.29, 0.717) is 0 Å². The number of carboxylic acids is 2. The Labute approximate surface area is 107 Å². The molecule has 0 bridgehead atoms. The van der Waals surface area contributed by atoms with Gasteiger partial charge >= 0.3 is 17.9 Å². The first-order valence-corrected chi connectivity index (χ1v) is 5.13. The molecule has 0 aromatic rings. The van der Waals surface area contributed by atoms with Gasteiger partial charge in [-0.1, -0.05) is 0 Å². The van der Waals surface area contributed by atoms with E-state index in [1.165, 1.54) is 0 Å². The highest BCUT2D eigenvalue weighted by atomic mass is 16.6. The number of hydrogen-bond donors (Lipinski definition) is 4. The van der Waals surface area contributed by atoms with E-state index in [4.69, 9.17) is 20.4 Å². The molecule has 9 nitrogen and oxygen atoms in total. The Morgan fingerprint density at radius 1 is 1.05 bits per heavy atom. The predicted molar refractivity (Wildman–Crippen MR) is 57.1 cm³/mol. The number of carboxylic acid groups (broad SMARTS) is 2. The zero-order chi connectivity index (χ0) is 15.4. The number of ketones is 1. The first-order valence-electron chi connectivity index (χ1n) is 5.13. The van der Waals surface area contributed by atoms with Crippen molar-refractivity contribution >= 4 is 23.7 Å². The third-order valence-electron chi connectivity index (χ3n) is 2.14. The molecule has 0 spiro atoms. The maximum absolute atomic E-state index is 11.6. The number of rotatable bonds is 7. The molecule has 0 saturated carbocycles. The fraction of sp³-hybridized carbons (Fsp3) is 0.600. The van der Waals surface area contributed by atoms with Crippen LogP contribution in [0.4, 0.5) is 0 Å². The number of aliphatic carboxylic acids is 2. The molecule has 0 rings (SSSR count). The van der Waals surface area contributed by atoms with Crippen LogP contribution in [0.3, 0.4) is 0 Å². The minimum absolute atomic E-state index is 0.901. The number of carbonyl (C=O) groups is 4. The van der Waals surface area contributed by atoms with Gasteiger partial charge in [0.25, 0.3) is 5.60 Å². The van der Waals surface area contributed by atoms with Crippen molar-refractivity contribution in [3.63, 3.8) is 0 Å². The van der Waals surface area contributed by atoms with E-state index in [2.05, 4.69) is 4.74 Å². The van der Waals surface area contributed by atoms with Crippen LogP contribution in [0.2, 0.25) is 0 Å². The highest BCUT2D eigenvalue weighted by Gasteiger charge is 2.53. The van der Waals surface area contributed by atoms with Gasteiger partial charge in [0, 0.05) is 0 Å². The molecule has 19 heavy (non-hydrogen) atoms. The zero-order valence-corrected chi connectivity index (χ0v) is 10.2. The van der Waals surface area contributed by atoms with Crippen molar-refractivity contribution in [2.24, 2.45) is 0 Å². The normalized spacial score (nSPS) is 16.8. The minimum Gasteiger partial charge on any atom is -0.481 e. The summed E-state index contributed by atoms with van der Waals surface area (Å²) in [4.78, 5) is 44.6. The summed E-state index contributed by atoms with van der Waals surface area (Å²) in [7, 11) is 0. The predicted octanol–water partition coefficient (Wildman–Crippen LogP) is -1.84. The summed E-state index contributed by atoms with van der Waals surface area (Å²) in [6, 6.07) is 0. The highest BCUT2D eigenvalue weighted by Crippen LogP contribution is 2.22. The summed E-state index contributed by atoms with van der Waals surface area (Å²) < 4.78 is 4.32. The van der Waals surface area contributed by atoms with Crippen molar-refractivity contribution in [2.75, 3.05) is 0 Å². The summed E-state index contributed by atoms with van der Waals surface area (Å²) in [6.45, 7) is 1.85. The van der Waals surface area contributed by atoms with Gasteiger partial charge in [0.15, 0.2) is 0 Å². The van der Waals surface area contributed by atoms with Gasteiger partial charge in [-0.2, -0.15) is 0 Å². The smallest absolute Gasteiger partial charge is 0.356 e. The van der Waals surface area contributed by atoms with Gasteiger partial charge < -0.3 is 25.2 Å². The van der Waals surface area contributed by atoms with E-state index in [-0.39, 0.29) is 0 Å². The SMILES string of the molecule is CC(O)C(=O)OC(CC(=O)O)(C(=O)O)C(=O)C(C)O. The molecule has 9 heteroatoms. The van der Waals surface area contributed by atoms with Crippen LogP contribution < -0.4 is 0 Å². The molecule has 108 valence electrons. The quantitative estimate of drug-likeness (QED) is 0.310. The lowest BCUT2D eigenvalue weighted by atomic mass is 9.91. The van der Waals surface area contributed by atoms with E-state index >= 15 is 0 Å². The van der Waals surface area contributed by atoms with Gasteiger partial charge in [-0.15, -0.1) is 0 Å². The molecule has 0 aliphatic carbocycles. The molecule has 0 saturated heterocycles. The van der Waals surface area contributed by atoms with Gasteiger partial charge in [-0.25, -0.2) is 9.59 Å². The van der Waals surface area contributed by atoms with E-state index in [1.807, 2.05) is 0 Å². The highest BCUT2D eigenvalue weighted by molar-refractivity contribution is 6.11. The summed E-state index contributed by atoms with van der Waals surface area (Å²) >= 11 is 0. The number of ether oxygens (including phenoxy) is 1. The van der Waals surface area contributed by atoms with E-state index in [9.17, 15) is 19.2 Å². The van der Waals surface area contributed by atoms with Crippen molar-refractivity contribution in [1.82, 2.24) is 0 Å². The number of hydrogen-bond acceptors (Lipinski definition) is 7. The van der Waals surface area contributed by atoms with Crippen LogP contribution in [0.1, 0.15) is 20.3 Å². The summed E-state index contributed by atoms with van der Waals surface area (Å²) in [5.74, 6) is -6.77. The van der Waals surface area contributed by atoms with Gasteiger partial charge in [0.2, 0.25) is 5.78 Å². The maximum atomic E-state index is 11.6. The van der Waals surface area contributed by atoms with Crippen LogP contribution in [-0.2, 0) is 23.9 Å². The molecule has 0 amide bonds. The maximum Gasteiger partial charge on any atom is 0.356 e. The first-order chi connectivity index (χ1) is 8.54. The molecule has 0 heterocycles. The standard InChI is InChI=1S/C10H14O9/c1-4(11)7(15)10(9(17)18,3-6(13)14)19-8(16)5(2)12/h4-5,11-12H,3H2,1-2H3,(H,13,14)(H,17,18). The molecule has 0 aromatic heterocycles. The van der Waals surface area contributed by atoms with Crippen LogP contribution in [0, 0.1) is 0 Å². The molecule has 0 aromatic carbocycles. The molecule has 3 unspecified atom stereocenters. The van der Waals surface area contributed by atoms with Crippen LogP contribution in [-0.4, -0.2) is 61.9 Å². The third-order valence-corrected chi connectivity index (χ3v) is 2.14.